The van der Waals surface area contributed by atoms with E-state index in [-0.39, 0.29) is 0 Å². The molecule has 6 atom stereocenters. The van der Waals surface area contributed by atoms with Crippen LogP contribution in [0.3, 0.4) is 0 Å². The average Bonchev–Trinajstić information content (AvgIpc) is 2.01. The Hall–Kier alpha value is 2.06. The van der Waals surface area contributed by atoms with Gasteiger partial charge in [-0.3, -0.25) is 0 Å². The Balaban J connectivity index is 0. The summed E-state index contributed by atoms with van der Waals surface area (Å²) in [5.41, 5.74) is 0. The monoisotopic (exact) mass is 248 g/mol. The molecular weight excluding hydrogens is 234 g/mol. The van der Waals surface area contributed by atoms with Gasteiger partial charge in [0.05, 0.1) is 0 Å². The molecule has 0 spiro atoms. The fourth-order valence-corrected chi connectivity index (χ4v) is 2.60. The Morgan fingerprint density at radius 1 is 0.900 bits per heavy atom. The van der Waals surface area contributed by atoms with E-state index in [1.165, 1.54) is 0 Å². The lowest BCUT2D eigenvalue weighted by atomic mass is 11.3. The van der Waals surface area contributed by atoms with Gasteiger partial charge in [0.2, 0.25) is 0 Å². The van der Waals surface area contributed by atoms with Crippen molar-refractivity contribution in [2.24, 2.45) is 0 Å². The molecule has 0 heterocycles. The van der Waals surface area contributed by atoms with Crippen LogP contribution in [0.25, 0.3) is 0 Å². The third-order valence-electron chi connectivity index (χ3n) is 0.394. The summed E-state index contributed by atoms with van der Waals surface area (Å²) in [6.07, 6.45) is 0. The standard InChI is InChI=1S/C2H8P4.C2H6P2/c3-5-1-2-6-4;1-2-4-3/h1-2,5-6H,3-4H2;2,4H,1,3H2/b2-1+;. The van der Waals surface area contributed by atoms with Crippen molar-refractivity contribution in [3.63, 3.8) is 0 Å². The summed E-state index contributed by atoms with van der Waals surface area (Å²) >= 11 is 0. The summed E-state index contributed by atoms with van der Waals surface area (Å²) in [7, 11) is 10.5. The summed E-state index contributed by atoms with van der Waals surface area (Å²) in [4.78, 5) is 0. The summed E-state index contributed by atoms with van der Waals surface area (Å²) in [5.74, 6) is 6.19. The molecule has 0 amide bonds. The van der Waals surface area contributed by atoms with Crippen molar-refractivity contribution in [2.75, 3.05) is 0 Å². The first kappa shape index (κ1) is 14.6. The third kappa shape index (κ3) is 22.5. The molecule has 0 saturated heterocycles. The highest BCUT2D eigenvalue weighted by atomic mass is 32.0. The van der Waals surface area contributed by atoms with Crippen molar-refractivity contribution in [1.29, 1.82) is 0 Å². The molecule has 0 aromatic rings. The highest BCUT2D eigenvalue weighted by Crippen LogP contribution is 2.28. The number of hydrogen-bond donors (Lipinski definition) is 0. The molecule has 0 aliphatic carbocycles. The van der Waals surface area contributed by atoms with Crippen molar-refractivity contribution >= 4 is 51.6 Å². The lowest BCUT2D eigenvalue weighted by molar-refractivity contribution is 2.56. The minimum absolute atomic E-state index is 0.821. The second kappa shape index (κ2) is 17.2. The van der Waals surface area contributed by atoms with Crippen LogP contribution >= 0.6 is 51.6 Å². The van der Waals surface area contributed by atoms with Crippen molar-refractivity contribution in [3.05, 3.63) is 24.0 Å². The maximum atomic E-state index is 3.47. The molecule has 60 valence electrons. The molecule has 0 aromatic heterocycles. The van der Waals surface area contributed by atoms with Crippen LogP contribution in [0.4, 0.5) is 0 Å². The van der Waals surface area contributed by atoms with E-state index in [0.29, 0.717) is 0 Å². The van der Waals surface area contributed by atoms with Gasteiger partial charge in [0, 0.05) is 0 Å². The Morgan fingerprint density at radius 2 is 1.20 bits per heavy atom. The summed E-state index contributed by atoms with van der Waals surface area (Å²) in [6, 6.07) is 0. The molecule has 0 radical (unpaired) electrons. The van der Waals surface area contributed by atoms with E-state index >= 15 is 0 Å². The van der Waals surface area contributed by atoms with Crippen LogP contribution in [-0.4, -0.2) is 0 Å². The van der Waals surface area contributed by atoms with Gasteiger partial charge in [0.25, 0.3) is 0 Å². The predicted octanol–water partition coefficient (Wildman–Crippen LogP) is 3.99. The summed E-state index contributed by atoms with van der Waals surface area (Å²) < 4.78 is 0. The number of rotatable bonds is 3. The Labute approximate surface area is 75.9 Å². The minimum atomic E-state index is 0.821. The zero-order chi connectivity index (χ0) is 8.24. The fraction of sp³-hybridized carbons (Fsp3) is 0. The molecule has 0 fully saturated rings. The second-order valence-electron chi connectivity index (χ2n) is 1.04. The first-order valence-electron chi connectivity index (χ1n) is 2.47. The van der Waals surface area contributed by atoms with Gasteiger partial charge >= 0.3 is 0 Å². The normalized spacial score (nSPS) is 12.3. The van der Waals surface area contributed by atoms with Crippen LogP contribution in [0, 0.1) is 0 Å². The molecule has 0 rings (SSSR count). The van der Waals surface area contributed by atoms with E-state index in [1.54, 1.807) is 0 Å². The van der Waals surface area contributed by atoms with Crippen LogP contribution in [0.15, 0.2) is 24.0 Å². The quantitative estimate of drug-likeness (QED) is 0.662. The lowest BCUT2D eigenvalue weighted by Gasteiger charge is -1.73. The molecule has 0 nitrogen and oxygen atoms in total. The van der Waals surface area contributed by atoms with Gasteiger partial charge in [-0.2, -0.15) is 0 Å². The highest BCUT2D eigenvalue weighted by molar-refractivity contribution is 8.06. The first-order valence-corrected chi connectivity index (χ1v) is 11.1. The van der Waals surface area contributed by atoms with Gasteiger partial charge in [0.1, 0.15) is 0 Å². The largest absolute Gasteiger partial charge is 0.110 e. The molecule has 6 unspecified atom stereocenters. The number of hydrogen-bond acceptors (Lipinski definition) is 0. The Morgan fingerprint density at radius 3 is 1.30 bits per heavy atom. The zero-order valence-corrected chi connectivity index (χ0v) is 12.1. The molecule has 0 aliphatic heterocycles. The van der Waals surface area contributed by atoms with E-state index in [1.807, 2.05) is 5.82 Å². The van der Waals surface area contributed by atoms with E-state index in [2.05, 4.69) is 45.0 Å². The van der Waals surface area contributed by atoms with Gasteiger partial charge in [-0.1, -0.05) is 48.8 Å². The molecular formula is C4H14P6. The SMILES string of the molecule is C=CPP.PP/C=C/PP. The molecule has 0 aliphatic rings. The van der Waals surface area contributed by atoms with Gasteiger partial charge in [0.15, 0.2) is 0 Å². The van der Waals surface area contributed by atoms with E-state index < -0.39 is 0 Å². The van der Waals surface area contributed by atoms with Crippen molar-refractivity contribution in [2.45, 2.75) is 0 Å². The van der Waals surface area contributed by atoms with E-state index in [9.17, 15) is 0 Å². The zero-order valence-electron chi connectivity index (χ0n) is 5.67. The summed E-state index contributed by atoms with van der Waals surface area (Å²) in [6.45, 7) is 3.47. The molecule has 0 N–H and O–H groups in total. The maximum absolute atomic E-state index is 3.47. The Bertz CT molecular complexity index is 73.8. The van der Waals surface area contributed by atoms with Crippen LogP contribution in [0.1, 0.15) is 0 Å². The van der Waals surface area contributed by atoms with E-state index in [4.69, 9.17) is 0 Å². The molecule has 0 aromatic carbocycles. The predicted molar refractivity (Wildman–Crippen MR) is 73.4 cm³/mol. The molecule has 6 heteroatoms. The van der Waals surface area contributed by atoms with Crippen LogP contribution in [0.2, 0.25) is 0 Å². The van der Waals surface area contributed by atoms with Gasteiger partial charge < -0.3 is 0 Å². The van der Waals surface area contributed by atoms with Crippen LogP contribution < -0.4 is 0 Å². The Kier molecular flexibility index (Phi) is 25.1. The smallest absolute Gasteiger partial charge is 0.0588 e. The minimum Gasteiger partial charge on any atom is -0.110 e. The first-order chi connectivity index (χ1) is 4.83. The van der Waals surface area contributed by atoms with Gasteiger partial charge in [-0.25, -0.2) is 0 Å². The highest BCUT2D eigenvalue weighted by Gasteiger charge is 1.59. The molecule has 10 heavy (non-hydrogen) atoms. The van der Waals surface area contributed by atoms with Crippen molar-refractivity contribution in [3.8, 4) is 0 Å². The van der Waals surface area contributed by atoms with Crippen molar-refractivity contribution < 1.29 is 0 Å². The van der Waals surface area contributed by atoms with Crippen LogP contribution in [0.5, 0.6) is 0 Å². The fourth-order valence-electron chi connectivity index (χ4n) is 0.0962. The van der Waals surface area contributed by atoms with Crippen LogP contribution in [-0.2, 0) is 0 Å². The molecule has 0 saturated carbocycles. The third-order valence-corrected chi connectivity index (χ3v) is 3.54. The van der Waals surface area contributed by atoms with Gasteiger partial charge in [-0.15, -0.1) is 26.8 Å². The van der Waals surface area contributed by atoms with Crippen molar-refractivity contribution in [1.82, 2.24) is 0 Å². The summed E-state index contributed by atoms with van der Waals surface area (Å²) in [5, 5.41) is 0. The second-order valence-corrected chi connectivity index (χ2v) is 6.11. The van der Waals surface area contributed by atoms with E-state index in [0.717, 1.165) is 24.8 Å². The average molecular weight is 248 g/mol. The maximum Gasteiger partial charge on any atom is -0.0588 e. The molecule has 0 bridgehead atoms. The van der Waals surface area contributed by atoms with Gasteiger partial charge in [-0.05, 0) is 0 Å². The topological polar surface area (TPSA) is 0 Å². The lowest BCUT2D eigenvalue weighted by Crippen LogP contribution is -1.19.